The number of aryl methyl sites for hydroxylation is 2. The highest BCUT2D eigenvalue weighted by Crippen LogP contribution is 2.04. The third kappa shape index (κ3) is 2.61. The summed E-state index contributed by atoms with van der Waals surface area (Å²) in [5, 5.41) is 7.61. The Kier molecular flexibility index (Phi) is 3.46. The van der Waals surface area contributed by atoms with Crippen molar-refractivity contribution in [3.8, 4) is 0 Å². The Balaban J connectivity index is 1.64. The number of nitrogens with zero attached hydrogens (tertiary/aromatic N) is 3. The zero-order valence-electron chi connectivity index (χ0n) is 10.9. The molecule has 0 radical (unpaired) electrons. The van der Waals surface area contributed by atoms with Crippen LogP contribution in [-0.4, -0.2) is 20.9 Å². The summed E-state index contributed by atoms with van der Waals surface area (Å²) >= 11 is 0. The van der Waals surface area contributed by atoms with E-state index in [0.717, 1.165) is 31.8 Å². The van der Waals surface area contributed by atoms with Crippen LogP contribution < -0.4 is 11.0 Å². The molecule has 1 aromatic heterocycles. The van der Waals surface area contributed by atoms with Crippen molar-refractivity contribution in [2.45, 2.75) is 32.5 Å². The topological polar surface area (TPSA) is 51.9 Å². The Morgan fingerprint density at radius 3 is 2.89 bits per heavy atom. The Morgan fingerprint density at radius 2 is 2.11 bits per heavy atom. The second-order valence-electron chi connectivity index (χ2n) is 4.84. The van der Waals surface area contributed by atoms with E-state index in [2.05, 4.69) is 22.5 Å². The van der Waals surface area contributed by atoms with Crippen molar-refractivity contribution in [1.29, 1.82) is 0 Å². The Labute approximate surface area is 111 Å². The van der Waals surface area contributed by atoms with Gasteiger partial charge < -0.3 is 5.32 Å². The maximum atomic E-state index is 12.1. The van der Waals surface area contributed by atoms with Gasteiger partial charge in [-0.15, -0.1) is 0 Å². The molecule has 1 N–H and O–H groups in total. The highest BCUT2D eigenvalue weighted by atomic mass is 16.2. The summed E-state index contributed by atoms with van der Waals surface area (Å²) in [5.41, 5.74) is 1.34. The lowest BCUT2D eigenvalue weighted by molar-refractivity contribution is 0.496. The Hall–Kier alpha value is -1.88. The van der Waals surface area contributed by atoms with E-state index < -0.39 is 0 Å². The van der Waals surface area contributed by atoms with Crippen LogP contribution in [-0.2, 0) is 26.1 Å². The fraction of sp³-hybridized carbons (Fsp3) is 0.429. The van der Waals surface area contributed by atoms with E-state index in [0.29, 0.717) is 13.1 Å². The molecule has 3 rings (SSSR count). The highest BCUT2D eigenvalue weighted by Gasteiger charge is 2.15. The molecule has 2 heterocycles. The van der Waals surface area contributed by atoms with Crippen LogP contribution >= 0.6 is 0 Å². The van der Waals surface area contributed by atoms with Crippen molar-refractivity contribution in [2.24, 2.45) is 0 Å². The number of aromatic nitrogens is 3. The minimum absolute atomic E-state index is 0.0320. The molecular formula is C14H18N4O. The predicted molar refractivity (Wildman–Crippen MR) is 73.0 cm³/mol. The molecule has 1 aliphatic heterocycles. The van der Waals surface area contributed by atoms with E-state index in [1.165, 1.54) is 5.56 Å². The van der Waals surface area contributed by atoms with Crippen molar-refractivity contribution >= 4 is 0 Å². The van der Waals surface area contributed by atoms with E-state index in [-0.39, 0.29) is 5.69 Å². The minimum atomic E-state index is 0.0320. The van der Waals surface area contributed by atoms with Gasteiger partial charge in [-0.2, -0.15) is 5.10 Å². The lowest BCUT2D eigenvalue weighted by Gasteiger charge is -2.11. The molecule has 0 spiro atoms. The van der Waals surface area contributed by atoms with Gasteiger partial charge in [-0.1, -0.05) is 30.3 Å². The van der Waals surface area contributed by atoms with Crippen molar-refractivity contribution in [3.63, 3.8) is 0 Å². The van der Waals surface area contributed by atoms with Gasteiger partial charge in [0.25, 0.3) is 0 Å². The Bertz CT molecular complexity index is 600. The van der Waals surface area contributed by atoms with Gasteiger partial charge in [0.15, 0.2) is 0 Å². The summed E-state index contributed by atoms with van der Waals surface area (Å²) in [6.07, 6.45) is 1.92. The maximum Gasteiger partial charge on any atom is 0.345 e. The van der Waals surface area contributed by atoms with Crippen LogP contribution in [0.3, 0.4) is 0 Å². The first-order valence-electron chi connectivity index (χ1n) is 6.76. The molecule has 19 heavy (non-hydrogen) atoms. The maximum absolute atomic E-state index is 12.1. The second-order valence-corrected chi connectivity index (χ2v) is 4.84. The molecular weight excluding hydrogens is 240 g/mol. The number of hydrogen-bond acceptors (Lipinski definition) is 3. The van der Waals surface area contributed by atoms with E-state index >= 15 is 0 Å². The molecule has 0 amide bonds. The molecule has 0 atom stereocenters. The van der Waals surface area contributed by atoms with Gasteiger partial charge in [0.2, 0.25) is 0 Å². The van der Waals surface area contributed by atoms with Crippen LogP contribution in [0.25, 0.3) is 0 Å². The standard InChI is InChI=1S/C14H18N4O/c19-14-17-10-8-15-11-13(17)16-18(14)9-4-7-12-5-2-1-3-6-12/h1-3,5-6,15H,4,7-11H2. The number of nitrogens with one attached hydrogen (secondary N) is 1. The summed E-state index contributed by atoms with van der Waals surface area (Å²) < 4.78 is 3.38. The molecule has 5 nitrogen and oxygen atoms in total. The lowest BCUT2D eigenvalue weighted by Crippen LogP contribution is -2.34. The summed E-state index contributed by atoms with van der Waals surface area (Å²) in [6.45, 7) is 2.96. The third-order valence-electron chi connectivity index (χ3n) is 3.47. The van der Waals surface area contributed by atoms with Crippen molar-refractivity contribution < 1.29 is 0 Å². The lowest BCUT2D eigenvalue weighted by atomic mass is 10.1. The average molecular weight is 258 g/mol. The largest absolute Gasteiger partial charge is 0.345 e. The SMILES string of the molecule is O=c1n(CCCc2ccccc2)nc2n1CCNC2. The van der Waals surface area contributed by atoms with Gasteiger partial charge in [0.1, 0.15) is 5.82 Å². The zero-order valence-corrected chi connectivity index (χ0v) is 10.9. The van der Waals surface area contributed by atoms with Crippen LogP contribution in [0.1, 0.15) is 17.8 Å². The third-order valence-corrected chi connectivity index (χ3v) is 3.47. The van der Waals surface area contributed by atoms with Crippen LogP contribution in [0.5, 0.6) is 0 Å². The van der Waals surface area contributed by atoms with Gasteiger partial charge in [0.05, 0.1) is 6.54 Å². The molecule has 2 aromatic rings. The summed E-state index contributed by atoms with van der Waals surface area (Å²) in [4.78, 5) is 12.1. The van der Waals surface area contributed by atoms with E-state index in [4.69, 9.17) is 0 Å². The smallest absolute Gasteiger partial charge is 0.308 e. The number of fused-ring (bicyclic) bond motifs is 1. The molecule has 0 saturated heterocycles. The number of hydrogen-bond donors (Lipinski definition) is 1. The quantitative estimate of drug-likeness (QED) is 0.881. The van der Waals surface area contributed by atoms with E-state index in [1.807, 2.05) is 18.2 Å². The van der Waals surface area contributed by atoms with Gasteiger partial charge >= 0.3 is 5.69 Å². The first-order valence-corrected chi connectivity index (χ1v) is 6.76. The molecule has 100 valence electrons. The fourth-order valence-electron chi connectivity index (χ4n) is 2.46. The summed E-state index contributed by atoms with van der Waals surface area (Å²) in [6, 6.07) is 10.3. The zero-order chi connectivity index (χ0) is 13.1. The van der Waals surface area contributed by atoms with Gasteiger partial charge in [-0.3, -0.25) is 4.57 Å². The molecule has 1 aliphatic rings. The van der Waals surface area contributed by atoms with Crippen LogP contribution in [0.15, 0.2) is 35.1 Å². The summed E-state index contributed by atoms with van der Waals surface area (Å²) in [5.74, 6) is 0.857. The van der Waals surface area contributed by atoms with Crippen molar-refractivity contribution in [3.05, 3.63) is 52.2 Å². The number of benzene rings is 1. The fourth-order valence-corrected chi connectivity index (χ4v) is 2.46. The van der Waals surface area contributed by atoms with E-state index in [9.17, 15) is 4.79 Å². The molecule has 0 bridgehead atoms. The van der Waals surface area contributed by atoms with Crippen LogP contribution in [0.2, 0.25) is 0 Å². The normalized spacial score (nSPS) is 14.3. The molecule has 0 saturated carbocycles. The molecule has 5 heteroatoms. The minimum Gasteiger partial charge on any atom is -0.308 e. The van der Waals surface area contributed by atoms with Crippen molar-refractivity contribution in [2.75, 3.05) is 6.54 Å². The van der Waals surface area contributed by atoms with Crippen LogP contribution in [0.4, 0.5) is 0 Å². The van der Waals surface area contributed by atoms with Gasteiger partial charge in [0, 0.05) is 19.6 Å². The second kappa shape index (κ2) is 5.40. The number of rotatable bonds is 4. The molecule has 0 unspecified atom stereocenters. The average Bonchev–Trinajstić information content (AvgIpc) is 2.78. The predicted octanol–water partition coefficient (Wildman–Crippen LogP) is 0.781. The van der Waals surface area contributed by atoms with E-state index in [1.54, 1.807) is 9.25 Å². The highest BCUT2D eigenvalue weighted by molar-refractivity contribution is 5.14. The first-order chi connectivity index (χ1) is 9.34. The molecule has 0 fully saturated rings. The molecule has 0 aliphatic carbocycles. The van der Waals surface area contributed by atoms with Crippen molar-refractivity contribution in [1.82, 2.24) is 19.7 Å². The monoisotopic (exact) mass is 258 g/mol. The van der Waals surface area contributed by atoms with Crippen LogP contribution in [0, 0.1) is 0 Å². The molecule has 1 aromatic carbocycles. The van der Waals surface area contributed by atoms with Gasteiger partial charge in [-0.05, 0) is 18.4 Å². The Morgan fingerprint density at radius 1 is 1.26 bits per heavy atom. The first kappa shape index (κ1) is 12.2. The summed E-state index contributed by atoms with van der Waals surface area (Å²) in [7, 11) is 0. The van der Waals surface area contributed by atoms with Gasteiger partial charge in [-0.25, -0.2) is 9.48 Å².